The van der Waals surface area contributed by atoms with Crippen LogP contribution < -0.4 is 10.5 Å². The van der Waals surface area contributed by atoms with E-state index < -0.39 is 0 Å². The third kappa shape index (κ3) is 4.06. The van der Waals surface area contributed by atoms with Crippen LogP contribution in [0.3, 0.4) is 0 Å². The second-order valence-corrected chi connectivity index (χ2v) is 4.04. The van der Waals surface area contributed by atoms with Crippen LogP contribution in [0.2, 0.25) is 0 Å². The third-order valence-electron chi connectivity index (χ3n) is 2.00. The molecule has 0 atom stereocenters. The standard InChI is InChI=1S/C12H16BrNO/c1-2-3-8-15-12-5-4-10(6-7-14)9-11(12)13/h2-5,9H,6-8,14H2,1H3. The minimum absolute atomic E-state index is 0.603. The molecule has 0 bridgehead atoms. The lowest BCUT2D eigenvalue weighted by Crippen LogP contribution is -2.03. The van der Waals surface area contributed by atoms with Gasteiger partial charge in [0, 0.05) is 0 Å². The molecule has 82 valence electrons. The Morgan fingerprint density at radius 2 is 2.27 bits per heavy atom. The number of benzene rings is 1. The van der Waals surface area contributed by atoms with Gasteiger partial charge in [0.25, 0.3) is 0 Å². The van der Waals surface area contributed by atoms with Gasteiger partial charge in [-0.2, -0.15) is 0 Å². The van der Waals surface area contributed by atoms with Crippen molar-refractivity contribution in [2.45, 2.75) is 13.3 Å². The summed E-state index contributed by atoms with van der Waals surface area (Å²) in [5.74, 6) is 0.869. The lowest BCUT2D eigenvalue weighted by Gasteiger charge is -2.07. The van der Waals surface area contributed by atoms with Gasteiger partial charge in [-0.3, -0.25) is 0 Å². The lowest BCUT2D eigenvalue weighted by molar-refractivity contribution is 0.360. The van der Waals surface area contributed by atoms with Crippen LogP contribution in [0.4, 0.5) is 0 Å². The minimum Gasteiger partial charge on any atom is -0.488 e. The molecule has 1 aromatic carbocycles. The molecule has 0 amide bonds. The number of ether oxygens (including phenoxy) is 1. The molecular formula is C12H16BrNO. The summed E-state index contributed by atoms with van der Waals surface area (Å²) in [4.78, 5) is 0. The second kappa shape index (κ2) is 6.64. The van der Waals surface area contributed by atoms with Crippen LogP contribution in [0.25, 0.3) is 0 Å². The maximum absolute atomic E-state index is 5.55. The van der Waals surface area contributed by atoms with Crippen LogP contribution in [-0.2, 0) is 6.42 Å². The van der Waals surface area contributed by atoms with Crippen molar-refractivity contribution in [2.24, 2.45) is 5.73 Å². The predicted molar refractivity (Wildman–Crippen MR) is 67.2 cm³/mol. The predicted octanol–water partition coefficient (Wildman–Crippen LogP) is 2.91. The van der Waals surface area contributed by atoms with Gasteiger partial charge in [0.05, 0.1) is 4.47 Å². The molecule has 15 heavy (non-hydrogen) atoms. The molecule has 0 aromatic heterocycles. The Labute approximate surface area is 99.3 Å². The van der Waals surface area contributed by atoms with E-state index in [-0.39, 0.29) is 0 Å². The molecule has 0 fully saturated rings. The molecule has 0 aliphatic heterocycles. The van der Waals surface area contributed by atoms with E-state index in [0.717, 1.165) is 16.6 Å². The van der Waals surface area contributed by atoms with E-state index in [9.17, 15) is 0 Å². The van der Waals surface area contributed by atoms with Crippen LogP contribution in [0.5, 0.6) is 5.75 Å². The summed E-state index contributed by atoms with van der Waals surface area (Å²) in [7, 11) is 0. The van der Waals surface area contributed by atoms with Gasteiger partial charge in [-0.25, -0.2) is 0 Å². The summed E-state index contributed by atoms with van der Waals surface area (Å²) < 4.78 is 6.53. The van der Waals surface area contributed by atoms with Crippen molar-refractivity contribution in [3.8, 4) is 5.75 Å². The van der Waals surface area contributed by atoms with E-state index >= 15 is 0 Å². The summed E-state index contributed by atoms with van der Waals surface area (Å²) >= 11 is 3.48. The van der Waals surface area contributed by atoms with Crippen molar-refractivity contribution in [1.29, 1.82) is 0 Å². The lowest BCUT2D eigenvalue weighted by atomic mass is 10.1. The first kappa shape index (κ1) is 12.3. The summed E-state index contributed by atoms with van der Waals surface area (Å²) in [5.41, 5.74) is 6.72. The van der Waals surface area contributed by atoms with Gasteiger partial charge < -0.3 is 10.5 Å². The Balaban J connectivity index is 2.65. The average Bonchev–Trinajstić information content (AvgIpc) is 2.22. The van der Waals surface area contributed by atoms with Crippen molar-refractivity contribution in [3.05, 3.63) is 40.4 Å². The SMILES string of the molecule is CC=CCOc1ccc(CCN)cc1Br. The third-order valence-corrected chi connectivity index (χ3v) is 2.62. The smallest absolute Gasteiger partial charge is 0.133 e. The molecule has 0 saturated heterocycles. The Morgan fingerprint density at radius 1 is 1.47 bits per heavy atom. The summed E-state index contributed by atoms with van der Waals surface area (Å²) in [6.45, 7) is 3.25. The van der Waals surface area contributed by atoms with Crippen molar-refractivity contribution < 1.29 is 4.74 Å². The Morgan fingerprint density at radius 3 is 2.87 bits per heavy atom. The van der Waals surface area contributed by atoms with E-state index in [1.165, 1.54) is 5.56 Å². The van der Waals surface area contributed by atoms with E-state index in [0.29, 0.717) is 13.2 Å². The van der Waals surface area contributed by atoms with Gasteiger partial charge in [0.2, 0.25) is 0 Å². The molecule has 1 rings (SSSR count). The maximum Gasteiger partial charge on any atom is 0.133 e. The molecule has 0 saturated carbocycles. The van der Waals surface area contributed by atoms with Gasteiger partial charge in [-0.1, -0.05) is 18.2 Å². The molecule has 0 unspecified atom stereocenters. The monoisotopic (exact) mass is 269 g/mol. The normalized spacial score (nSPS) is 10.9. The molecular weight excluding hydrogens is 254 g/mol. The number of nitrogens with two attached hydrogens (primary N) is 1. The van der Waals surface area contributed by atoms with Crippen LogP contribution in [0, 0.1) is 0 Å². The molecule has 3 heteroatoms. The zero-order chi connectivity index (χ0) is 11.1. The van der Waals surface area contributed by atoms with Crippen molar-refractivity contribution >= 4 is 15.9 Å². The largest absolute Gasteiger partial charge is 0.488 e. The van der Waals surface area contributed by atoms with E-state index in [1.54, 1.807) is 0 Å². The Bertz CT molecular complexity index is 336. The number of rotatable bonds is 5. The van der Waals surface area contributed by atoms with Gasteiger partial charge in [0.1, 0.15) is 12.4 Å². The number of halogens is 1. The zero-order valence-corrected chi connectivity index (χ0v) is 10.5. The maximum atomic E-state index is 5.55. The minimum atomic E-state index is 0.603. The quantitative estimate of drug-likeness (QED) is 0.835. The van der Waals surface area contributed by atoms with Crippen LogP contribution in [-0.4, -0.2) is 13.2 Å². The molecule has 0 aliphatic rings. The summed E-state index contributed by atoms with van der Waals surface area (Å²) in [5, 5.41) is 0. The number of allylic oxidation sites excluding steroid dienone is 1. The van der Waals surface area contributed by atoms with Crippen LogP contribution >= 0.6 is 15.9 Å². The van der Waals surface area contributed by atoms with E-state index in [2.05, 4.69) is 22.0 Å². The van der Waals surface area contributed by atoms with E-state index in [1.807, 2.05) is 31.2 Å². The first-order valence-electron chi connectivity index (χ1n) is 5.00. The fourth-order valence-electron chi connectivity index (χ4n) is 1.22. The summed E-state index contributed by atoms with van der Waals surface area (Å²) in [6.07, 6.45) is 4.84. The highest BCUT2D eigenvalue weighted by Crippen LogP contribution is 2.26. The van der Waals surface area contributed by atoms with Gasteiger partial charge in [-0.05, 0) is 53.5 Å². The average molecular weight is 270 g/mol. The molecule has 0 radical (unpaired) electrons. The van der Waals surface area contributed by atoms with Crippen molar-refractivity contribution in [3.63, 3.8) is 0 Å². The van der Waals surface area contributed by atoms with Crippen LogP contribution in [0.1, 0.15) is 12.5 Å². The Hall–Kier alpha value is -0.800. The second-order valence-electron chi connectivity index (χ2n) is 3.18. The molecule has 2 nitrogen and oxygen atoms in total. The van der Waals surface area contributed by atoms with Gasteiger partial charge in [0.15, 0.2) is 0 Å². The Kier molecular flexibility index (Phi) is 5.43. The molecule has 0 aliphatic carbocycles. The fraction of sp³-hybridized carbons (Fsp3) is 0.333. The highest BCUT2D eigenvalue weighted by molar-refractivity contribution is 9.10. The zero-order valence-electron chi connectivity index (χ0n) is 8.87. The number of hydrogen-bond donors (Lipinski definition) is 1. The van der Waals surface area contributed by atoms with Crippen LogP contribution in [0.15, 0.2) is 34.8 Å². The topological polar surface area (TPSA) is 35.2 Å². The number of hydrogen-bond acceptors (Lipinski definition) is 2. The van der Waals surface area contributed by atoms with Gasteiger partial charge in [-0.15, -0.1) is 0 Å². The van der Waals surface area contributed by atoms with Gasteiger partial charge >= 0.3 is 0 Å². The highest BCUT2D eigenvalue weighted by atomic mass is 79.9. The molecule has 0 spiro atoms. The highest BCUT2D eigenvalue weighted by Gasteiger charge is 2.01. The fourth-order valence-corrected chi connectivity index (χ4v) is 1.76. The van der Waals surface area contributed by atoms with Crippen molar-refractivity contribution in [2.75, 3.05) is 13.2 Å². The first-order valence-corrected chi connectivity index (χ1v) is 5.79. The van der Waals surface area contributed by atoms with Crippen molar-refractivity contribution in [1.82, 2.24) is 0 Å². The molecule has 2 N–H and O–H groups in total. The summed E-state index contributed by atoms with van der Waals surface area (Å²) in [6, 6.07) is 6.07. The molecule has 0 heterocycles. The van der Waals surface area contributed by atoms with E-state index in [4.69, 9.17) is 10.5 Å². The first-order chi connectivity index (χ1) is 7.27. The molecule has 1 aromatic rings.